The van der Waals surface area contributed by atoms with Crippen molar-refractivity contribution >= 4 is 5.78 Å². The van der Waals surface area contributed by atoms with E-state index in [4.69, 9.17) is 0 Å². The second kappa shape index (κ2) is 5.63. The Hall–Kier alpha value is -1.05. The van der Waals surface area contributed by atoms with Gasteiger partial charge in [0.1, 0.15) is 0 Å². The summed E-state index contributed by atoms with van der Waals surface area (Å²) in [6, 6.07) is 1.86. The number of ketones is 1. The summed E-state index contributed by atoms with van der Waals surface area (Å²) in [7, 11) is 0. The highest BCUT2D eigenvalue weighted by molar-refractivity contribution is 5.97. The predicted octanol–water partition coefficient (Wildman–Crippen LogP) is 3.41. The van der Waals surface area contributed by atoms with E-state index < -0.39 is 0 Å². The molecule has 0 radical (unpaired) electrons. The second-order valence-electron chi connectivity index (χ2n) is 3.71. The van der Waals surface area contributed by atoms with Gasteiger partial charge in [-0.1, -0.05) is 26.7 Å². The van der Waals surface area contributed by atoms with E-state index in [-0.39, 0.29) is 5.92 Å². The number of aromatic amines is 1. The lowest BCUT2D eigenvalue weighted by Crippen LogP contribution is -2.13. The summed E-state index contributed by atoms with van der Waals surface area (Å²) in [6.07, 6.45) is 7.88. The van der Waals surface area contributed by atoms with Crippen molar-refractivity contribution in [2.24, 2.45) is 5.92 Å². The van der Waals surface area contributed by atoms with Crippen molar-refractivity contribution in [1.82, 2.24) is 4.98 Å². The Morgan fingerprint density at radius 1 is 1.50 bits per heavy atom. The van der Waals surface area contributed by atoms with Gasteiger partial charge >= 0.3 is 0 Å². The Bertz CT molecular complexity index is 264. The lowest BCUT2D eigenvalue weighted by atomic mass is 9.92. The fourth-order valence-corrected chi connectivity index (χ4v) is 1.68. The topological polar surface area (TPSA) is 32.9 Å². The molecule has 0 amide bonds. The van der Waals surface area contributed by atoms with Gasteiger partial charge in [0.15, 0.2) is 5.78 Å². The van der Waals surface area contributed by atoms with Gasteiger partial charge in [-0.15, -0.1) is 0 Å². The first-order chi connectivity index (χ1) is 6.79. The lowest BCUT2D eigenvalue weighted by Gasteiger charge is -2.11. The van der Waals surface area contributed by atoms with Crippen LogP contribution in [0.3, 0.4) is 0 Å². The van der Waals surface area contributed by atoms with E-state index >= 15 is 0 Å². The van der Waals surface area contributed by atoms with Gasteiger partial charge in [0.25, 0.3) is 0 Å². The van der Waals surface area contributed by atoms with Gasteiger partial charge in [0.05, 0.1) is 0 Å². The molecule has 1 rings (SSSR count). The maximum atomic E-state index is 11.9. The number of aromatic nitrogens is 1. The SMILES string of the molecule is CCCCC(CC)C(=O)c1cc[nH]c1. The van der Waals surface area contributed by atoms with Crippen molar-refractivity contribution in [3.63, 3.8) is 0 Å². The minimum absolute atomic E-state index is 0.214. The fourth-order valence-electron chi connectivity index (χ4n) is 1.68. The van der Waals surface area contributed by atoms with Crippen molar-refractivity contribution in [2.45, 2.75) is 39.5 Å². The normalized spacial score (nSPS) is 12.7. The van der Waals surface area contributed by atoms with Gasteiger partial charge in [-0.05, 0) is 18.9 Å². The molecule has 0 bridgehead atoms. The van der Waals surface area contributed by atoms with Crippen LogP contribution in [-0.2, 0) is 0 Å². The molecule has 0 aliphatic carbocycles. The van der Waals surface area contributed by atoms with Gasteiger partial charge in [-0.3, -0.25) is 4.79 Å². The summed E-state index contributed by atoms with van der Waals surface area (Å²) in [6.45, 7) is 4.25. The van der Waals surface area contributed by atoms with E-state index in [0.29, 0.717) is 5.78 Å². The summed E-state index contributed by atoms with van der Waals surface area (Å²) in [5.41, 5.74) is 0.827. The Kier molecular flexibility index (Phi) is 4.44. The average Bonchev–Trinajstić information content (AvgIpc) is 2.71. The van der Waals surface area contributed by atoms with E-state index in [1.165, 1.54) is 0 Å². The molecule has 2 nitrogen and oxygen atoms in total. The number of carbonyl (C=O) groups excluding carboxylic acids is 1. The average molecular weight is 193 g/mol. The fraction of sp³-hybridized carbons (Fsp3) is 0.583. The van der Waals surface area contributed by atoms with Crippen LogP contribution in [0.15, 0.2) is 18.5 Å². The molecule has 0 aromatic carbocycles. The summed E-state index contributed by atoms with van der Waals surface area (Å²) in [4.78, 5) is 14.8. The number of carbonyl (C=O) groups is 1. The van der Waals surface area contributed by atoms with E-state index in [1.807, 2.05) is 6.07 Å². The molecule has 14 heavy (non-hydrogen) atoms. The van der Waals surface area contributed by atoms with Gasteiger partial charge in [0, 0.05) is 23.9 Å². The number of hydrogen-bond donors (Lipinski definition) is 1. The molecule has 1 heterocycles. The van der Waals surface area contributed by atoms with Crippen LogP contribution in [0.2, 0.25) is 0 Å². The molecule has 2 heteroatoms. The van der Waals surface area contributed by atoms with Crippen molar-refractivity contribution in [3.05, 3.63) is 24.0 Å². The van der Waals surface area contributed by atoms with E-state index in [9.17, 15) is 4.79 Å². The van der Waals surface area contributed by atoms with Crippen molar-refractivity contribution in [1.29, 1.82) is 0 Å². The van der Waals surface area contributed by atoms with Crippen LogP contribution in [0, 0.1) is 5.92 Å². The number of nitrogens with one attached hydrogen (secondary N) is 1. The third-order valence-electron chi connectivity index (χ3n) is 2.65. The highest BCUT2D eigenvalue weighted by Crippen LogP contribution is 2.18. The van der Waals surface area contributed by atoms with Crippen molar-refractivity contribution in [2.75, 3.05) is 0 Å². The number of hydrogen-bond acceptors (Lipinski definition) is 1. The van der Waals surface area contributed by atoms with Crippen LogP contribution >= 0.6 is 0 Å². The molecule has 1 unspecified atom stereocenters. The molecular formula is C12H19NO. The molecule has 78 valence electrons. The number of Topliss-reactive ketones (excluding diaryl/α,β-unsaturated/α-hetero) is 1. The quantitative estimate of drug-likeness (QED) is 0.690. The maximum absolute atomic E-state index is 11.9. The highest BCUT2D eigenvalue weighted by Gasteiger charge is 2.17. The zero-order valence-corrected chi connectivity index (χ0v) is 9.05. The molecular weight excluding hydrogens is 174 g/mol. The minimum Gasteiger partial charge on any atom is -0.367 e. The Morgan fingerprint density at radius 2 is 2.29 bits per heavy atom. The summed E-state index contributed by atoms with van der Waals surface area (Å²) < 4.78 is 0. The summed E-state index contributed by atoms with van der Waals surface area (Å²) in [5, 5.41) is 0. The molecule has 0 saturated heterocycles. The zero-order chi connectivity index (χ0) is 10.4. The number of H-pyrrole nitrogens is 1. The van der Waals surface area contributed by atoms with Crippen LogP contribution in [0.25, 0.3) is 0 Å². The van der Waals surface area contributed by atoms with Gasteiger partial charge in [-0.2, -0.15) is 0 Å². The molecule has 1 aromatic rings. The molecule has 0 aliphatic heterocycles. The summed E-state index contributed by atoms with van der Waals surface area (Å²) >= 11 is 0. The van der Waals surface area contributed by atoms with Crippen molar-refractivity contribution in [3.8, 4) is 0 Å². The van der Waals surface area contributed by atoms with Gasteiger partial charge in [-0.25, -0.2) is 0 Å². The van der Waals surface area contributed by atoms with Crippen LogP contribution in [0.1, 0.15) is 49.9 Å². The lowest BCUT2D eigenvalue weighted by molar-refractivity contribution is 0.0908. The molecule has 1 aromatic heterocycles. The molecule has 0 saturated carbocycles. The highest BCUT2D eigenvalue weighted by atomic mass is 16.1. The van der Waals surface area contributed by atoms with Gasteiger partial charge < -0.3 is 4.98 Å². The first-order valence-corrected chi connectivity index (χ1v) is 5.46. The maximum Gasteiger partial charge on any atom is 0.167 e. The van der Waals surface area contributed by atoms with Crippen LogP contribution in [0.5, 0.6) is 0 Å². The van der Waals surface area contributed by atoms with E-state index in [2.05, 4.69) is 18.8 Å². The molecule has 0 fully saturated rings. The van der Waals surface area contributed by atoms with Crippen molar-refractivity contribution < 1.29 is 4.79 Å². The Labute approximate surface area is 85.7 Å². The minimum atomic E-state index is 0.214. The smallest absolute Gasteiger partial charge is 0.167 e. The first kappa shape index (κ1) is 11.0. The van der Waals surface area contributed by atoms with Crippen LogP contribution in [0.4, 0.5) is 0 Å². The number of unbranched alkanes of at least 4 members (excludes halogenated alkanes) is 1. The monoisotopic (exact) mass is 193 g/mol. The molecule has 1 atom stereocenters. The largest absolute Gasteiger partial charge is 0.367 e. The Morgan fingerprint density at radius 3 is 2.79 bits per heavy atom. The molecule has 1 N–H and O–H groups in total. The zero-order valence-electron chi connectivity index (χ0n) is 9.05. The van der Waals surface area contributed by atoms with E-state index in [1.54, 1.807) is 12.4 Å². The molecule has 0 spiro atoms. The van der Waals surface area contributed by atoms with Gasteiger partial charge in [0.2, 0.25) is 0 Å². The predicted molar refractivity (Wildman–Crippen MR) is 58.4 cm³/mol. The van der Waals surface area contributed by atoms with Crippen LogP contribution < -0.4 is 0 Å². The standard InChI is InChI=1S/C12H19NO/c1-3-5-6-10(4-2)12(14)11-7-8-13-9-11/h7-10,13H,3-6H2,1-2H3. The van der Waals surface area contributed by atoms with Crippen LogP contribution in [-0.4, -0.2) is 10.8 Å². The Balaban J connectivity index is 2.56. The second-order valence-corrected chi connectivity index (χ2v) is 3.71. The first-order valence-electron chi connectivity index (χ1n) is 5.46. The van der Waals surface area contributed by atoms with E-state index in [0.717, 1.165) is 31.2 Å². The third kappa shape index (κ3) is 2.72. The molecule has 0 aliphatic rings. The third-order valence-corrected chi connectivity index (χ3v) is 2.65. The number of rotatable bonds is 6. The summed E-state index contributed by atoms with van der Waals surface area (Å²) in [5.74, 6) is 0.507.